The van der Waals surface area contributed by atoms with Crippen LogP contribution in [0.15, 0.2) is 47.4 Å². The second-order valence-electron chi connectivity index (χ2n) is 7.74. The molecule has 0 saturated carbocycles. The van der Waals surface area contributed by atoms with Gasteiger partial charge in [0.2, 0.25) is 15.9 Å². The maximum absolute atomic E-state index is 13.1. The van der Waals surface area contributed by atoms with Crippen molar-refractivity contribution < 1.29 is 22.7 Å². The normalized spacial score (nSPS) is 18.4. The van der Waals surface area contributed by atoms with Crippen LogP contribution in [-0.4, -0.2) is 44.9 Å². The first-order chi connectivity index (χ1) is 14.9. The van der Waals surface area contributed by atoms with Crippen molar-refractivity contribution in [2.75, 3.05) is 26.3 Å². The molecular formula is C22H25ClN2O5S. The third-order valence-corrected chi connectivity index (χ3v) is 7.95. The van der Waals surface area contributed by atoms with E-state index in [-0.39, 0.29) is 35.9 Å². The lowest BCUT2D eigenvalue weighted by atomic mass is 9.96. The minimum Gasteiger partial charge on any atom is -0.486 e. The number of nitrogens with zero attached hydrogens (tertiary/aromatic N) is 1. The number of benzene rings is 2. The Balaban J connectivity index is 1.38. The summed E-state index contributed by atoms with van der Waals surface area (Å²) in [7, 11) is -3.67. The molecule has 1 N–H and O–H groups in total. The molecule has 1 atom stereocenters. The van der Waals surface area contributed by atoms with E-state index in [0.29, 0.717) is 42.6 Å². The molecule has 2 aliphatic rings. The standard InChI is InChI=1S/C22H25ClN2O5S/c1-15(18-4-2-3-5-19(18)23)24-22(26)16-8-10-25(11-9-16)31(27,28)17-6-7-20-21(14-17)30-13-12-29-20/h2-7,14-16H,8-13H2,1H3,(H,24,26)/t15-/m0/s1. The van der Waals surface area contributed by atoms with Gasteiger partial charge in [-0.05, 0) is 43.5 Å². The molecule has 166 valence electrons. The van der Waals surface area contributed by atoms with Crippen LogP contribution < -0.4 is 14.8 Å². The van der Waals surface area contributed by atoms with E-state index in [2.05, 4.69) is 5.32 Å². The molecule has 31 heavy (non-hydrogen) atoms. The van der Waals surface area contributed by atoms with Crippen LogP contribution in [0.1, 0.15) is 31.4 Å². The molecule has 0 spiro atoms. The lowest BCUT2D eigenvalue weighted by Gasteiger charge is -2.31. The molecule has 0 aromatic heterocycles. The Hall–Kier alpha value is -2.29. The lowest BCUT2D eigenvalue weighted by Crippen LogP contribution is -2.43. The fourth-order valence-corrected chi connectivity index (χ4v) is 5.71. The maximum atomic E-state index is 13.1. The topological polar surface area (TPSA) is 84.9 Å². The third kappa shape index (κ3) is 4.66. The highest BCUT2D eigenvalue weighted by Crippen LogP contribution is 2.34. The predicted molar refractivity (Wildman–Crippen MR) is 117 cm³/mol. The molecule has 0 aliphatic carbocycles. The second kappa shape index (κ2) is 9.06. The van der Waals surface area contributed by atoms with Crippen molar-refractivity contribution in [3.05, 3.63) is 53.1 Å². The average Bonchev–Trinajstić information content (AvgIpc) is 2.79. The van der Waals surface area contributed by atoms with Crippen LogP contribution in [0.3, 0.4) is 0 Å². The quantitative estimate of drug-likeness (QED) is 0.733. The summed E-state index contributed by atoms with van der Waals surface area (Å²) in [4.78, 5) is 12.9. The Bertz CT molecular complexity index is 1070. The molecule has 2 aromatic rings. The third-order valence-electron chi connectivity index (χ3n) is 5.71. The summed E-state index contributed by atoms with van der Waals surface area (Å²) in [5, 5.41) is 3.61. The summed E-state index contributed by atoms with van der Waals surface area (Å²) in [6.07, 6.45) is 0.926. The monoisotopic (exact) mass is 464 g/mol. The number of ether oxygens (including phenoxy) is 2. The number of hydrogen-bond acceptors (Lipinski definition) is 5. The van der Waals surface area contributed by atoms with Crippen molar-refractivity contribution in [1.29, 1.82) is 0 Å². The minimum atomic E-state index is -3.67. The van der Waals surface area contributed by atoms with Crippen molar-refractivity contribution >= 4 is 27.5 Å². The molecule has 1 saturated heterocycles. The highest BCUT2D eigenvalue weighted by molar-refractivity contribution is 7.89. The number of rotatable bonds is 5. The molecule has 4 rings (SSSR count). The zero-order valence-electron chi connectivity index (χ0n) is 17.2. The van der Waals surface area contributed by atoms with Crippen LogP contribution in [0.2, 0.25) is 5.02 Å². The van der Waals surface area contributed by atoms with E-state index >= 15 is 0 Å². The van der Waals surface area contributed by atoms with Gasteiger partial charge in [0.15, 0.2) is 11.5 Å². The number of sulfonamides is 1. The summed E-state index contributed by atoms with van der Waals surface area (Å²) >= 11 is 6.22. The number of carbonyl (C=O) groups is 1. The molecule has 1 fully saturated rings. The highest BCUT2D eigenvalue weighted by Gasteiger charge is 2.33. The van der Waals surface area contributed by atoms with Gasteiger partial charge in [-0.3, -0.25) is 4.79 Å². The van der Waals surface area contributed by atoms with Gasteiger partial charge >= 0.3 is 0 Å². The summed E-state index contributed by atoms with van der Waals surface area (Å²) < 4.78 is 38.5. The van der Waals surface area contributed by atoms with Crippen molar-refractivity contribution in [3.8, 4) is 11.5 Å². The largest absolute Gasteiger partial charge is 0.486 e. The van der Waals surface area contributed by atoms with Crippen LogP contribution in [0.4, 0.5) is 0 Å². The first-order valence-corrected chi connectivity index (χ1v) is 12.1. The molecule has 7 nitrogen and oxygen atoms in total. The molecule has 9 heteroatoms. The number of carbonyl (C=O) groups excluding carboxylic acids is 1. The number of fused-ring (bicyclic) bond motifs is 1. The van der Waals surface area contributed by atoms with E-state index in [0.717, 1.165) is 5.56 Å². The van der Waals surface area contributed by atoms with Crippen LogP contribution in [0.25, 0.3) is 0 Å². The Morgan fingerprint density at radius 1 is 1.10 bits per heavy atom. The first kappa shape index (κ1) is 21.9. The van der Waals surface area contributed by atoms with Gasteiger partial charge in [0.1, 0.15) is 13.2 Å². The van der Waals surface area contributed by atoms with Gasteiger partial charge in [-0.15, -0.1) is 0 Å². The zero-order chi connectivity index (χ0) is 22.0. The fraction of sp³-hybridized carbons (Fsp3) is 0.409. The molecule has 0 bridgehead atoms. The molecule has 2 aliphatic heterocycles. The molecule has 2 aromatic carbocycles. The first-order valence-electron chi connectivity index (χ1n) is 10.3. The fourth-order valence-electron chi connectivity index (χ4n) is 3.93. The van der Waals surface area contributed by atoms with Crippen LogP contribution in [0, 0.1) is 5.92 Å². The molecule has 2 heterocycles. The van der Waals surface area contributed by atoms with Crippen LogP contribution in [0.5, 0.6) is 11.5 Å². The van der Waals surface area contributed by atoms with Gasteiger partial charge in [0.25, 0.3) is 0 Å². The summed E-state index contributed by atoms with van der Waals surface area (Å²) in [5.41, 5.74) is 0.858. The predicted octanol–water partition coefficient (Wildman–Crippen LogP) is 3.39. The number of nitrogens with one attached hydrogen (secondary N) is 1. The van der Waals surface area contributed by atoms with Gasteiger partial charge in [-0.25, -0.2) is 8.42 Å². The van der Waals surface area contributed by atoms with Crippen molar-refractivity contribution in [3.63, 3.8) is 0 Å². The molecule has 0 unspecified atom stereocenters. The Kier molecular flexibility index (Phi) is 6.41. The highest BCUT2D eigenvalue weighted by atomic mass is 35.5. The Morgan fingerprint density at radius 2 is 1.77 bits per heavy atom. The van der Waals surface area contributed by atoms with Crippen molar-refractivity contribution in [2.45, 2.75) is 30.7 Å². The smallest absolute Gasteiger partial charge is 0.243 e. The number of amides is 1. The van der Waals surface area contributed by atoms with Crippen molar-refractivity contribution in [1.82, 2.24) is 9.62 Å². The van der Waals surface area contributed by atoms with Gasteiger partial charge in [-0.1, -0.05) is 29.8 Å². The SMILES string of the molecule is C[C@H](NC(=O)C1CCN(S(=O)(=O)c2ccc3c(c2)OCCO3)CC1)c1ccccc1Cl. The van der Waals surface area contributed by atoms with Crippen LogP contribution in [-0.2, 0) is 14.8 Å². The van der Waals surface area contributed by atoms with Crippen molar-refractivity contribution in [2.24, 2.45) is 5.92 Å². The van der Waals surface area contributed by atoms with E-state index in [4.69, 9.17) is 21.1 Å². The van der Waals surface area contributed by atoms with E-state index in [1.165, 1.54) is 16.4 Å². The Labute approximate surface area is 187 Å². The number of halogens is 1. The second-order valence-corrected chi connectivity index (χ2v) is 10.1. The van der Waals surface area contributed by atoms with E-state index in [1.807, 2.05) is 25.1 Å². The number of piperidine rings is 1. The summed E-state index contributed by atoms with van der Waals surface area (Å²) in [6, 6.07) is 11.8. The minimum absolute atomic E-state index is 0.0798. The molecule has 0 radical (unpaired) electrons. The van der Waals surface area contributed by atoms with E-state index in [1.54, 1.807) is 12.1 Å². The summed E-state index contributed by atoms with van der Waals surface area (Å²) in [5.74, 6) is 0.670. The number of hydrogen-bond donors (Lipinski definition) is 1. The van der Waals surface area contributed by atoms with E-state index < -0.39 is 10.0 Å². The van der Waals surface area contributed by atoms with Gasteiger partial charge in [0, 0.05) is 30.1 Å². The average molecular weight is 465 g/mol. The lowest BCUT2D eigenvalue weighted by molar-refractivity contribution is -0.126. The zero-order valence-corrected chi connectivity index (χ0v) is 18.8. The molecular weight excluding hydrogens is 440 g/mol. The van der Waals surface area contributed by atoms with Gasteiger partial charge < -0.3 is 14.8 Å². The van der Waals surface area contributed by atoms with Gasteiger partial charge in [-0.2, -0.15) is 4.31 Å². The molecule has 1 amide bonds. The van der Waals surface area contributed by atoms with E-state index in [9.17, 15) is 13.2 Å². The Morgan fingerprint density at radius 3 is 2.48 bits per heavy atom. The maximum Gasteiger partial charge on any atom is 0.243 e. The van der Waals surface area contributed by atoms with Crippen LogP contribution >= 0.6 is 11.6 Å². The summed E-state index contributed by atoms with van der Waals surface area (Å²) in [6.45, 7) is 3.30. The van der Waals surface area contributed by atoms with Gasteiger partial charge in [0.05, 0.1) is 10.9 Å².